The zero-order valence-electron chi connectivity index (χ0n) is 11.5. The van der Waals surface area contributed by atoms with Crippen LogP contribution in [0.25, 0.3) is 0 Å². The predicted octanol–water partition coefficient (Wildman–Crippen LogP) is 1.77. The van der Waals surface area contributed by atoms with Crippen LogP contribution in [-0.4, -0.2) is 47.2 Å². The summed E-state index contributed by atoms with van der Waals surface area (Å²) in [6.45, 7) is 1.14. The molecule has 0 bridgehead atoms. The minimum Gasteiger partial charge on any atom is -0.392 e. The van der Waals surface area contributed by atoms with Crippen LogP contribution >= 0.6 is 0 Å². The summed E-state index contributed by atoms with van der Waals surface area (Å²) >= 11 is 0. The van der Waals surface area contributed by atoms with E-state index in [4.69, 9.17) is 9.47 Å². The van der Waals surface area contributed by atoms with Gasteiger partial charge in [0.1, 0.15) is 6.73 Å². The van der Waals surface area contributed by atoms with E-state index in [1.165, 1.54) is 0 Å². The smallest absolute Gasteiger partial charge is 0.250 e. The first-order valence-electron chi connectivity index (χ1n) is 6.68. The average Bonchev–Trinajstić information content (AvgIpc) is 2.82. The van der Waals surface area contributed by atoms with Gasteiger partial charge in [-0.15, -0.1) is 0 Å². The third kappa shape index (κ3) is 3.74. The van der Waals surface area contributed by atoms with E-state index in [2.05, 4.69) is 5.10 Å². The molecule has 5 nitrogen and oxygen atoms in total. The first kappa shape index (κ1) is 15.3. The molecule has 20 heavy (non-hydrogen) atoms. The monoisotopic (exact) mass is 290 g/mol. The van der Waals surface area contributed by atoms with Crippen molar-refractivity contribution in [2.24, 2.45) is 0 Å². The Kier molecular flexibility index (Phi) is 5.06. The lowest BCUT2D eigenvalue weighted by atomic mass is 9.82. The Hall–Kier alpha value is -1.05. The third-order valence-corrected chi connectivity index (χ3v) is 3.57. The quantitative estimate of drug-likeness (QED) is 0.811. The van der Waals surface area contributed by atoms with Crippen LogP contribution in [0.15, 0.2) is 12.3 Å². The molecular formula is C13H20F2N2O3. The van der Waals surface area contributed by atoms with E-state index < -0.39 is 18.4 Å². The summed E-state index contributed by atoms with van der Waals surface area (Å²) in [5.41, 5.74) is 0.741. The Morgan fingerprint density at radius 3 is 3.00 bits per heavy atom. The van der Waals surface area contributed by atoms with Crippen molar-refractivity contribution in [3.05, 3.63) is 18.0 Å². The summed E-state index contributed by atoms with van der Waals surface area (Å²) in [7, 11) is 1.58. The van der Waals surface area contributed by atoms with Crippen LogP contribution < -0.4 is 0 Å². The highest BCUT2D eigenvalue weighted by atomic mass is 19.3. The molecule has 2 rings (SSSR count). The molecule has 1 aliphatic carbocycles. The maximum Gasteiger partial charge on any atom is 0.250 e. The van der Waals surface area contributed by atoms with Crippen molar-refractivity contribution in [2.45, 2.75) is 43.9 Å². The van der Waals surface area contributed by atoms with Gasteiger partial charge in [-0.2, -0.15) is 5.10 Å². The number of hydrogen-bond donors (Lipinski definition) is 1. The van der Waals surface area contributed by atoms with Crippen molar-refractivity contribution in [1.82, 2.24) is 9.78 Å². The Balaban J connectivity index is 1.97. The van der Waals surface area contributed by atoms with E-state index in [-0.39, 0.29) is 25.5 Å². The molecule has 0 aliphatic heterocycles. The topological polar surface area (TPSA) is 56.5 Å². The molecule has 1 aromatic rings. The fourth-order valence-electron chi connectivity index (χ4n) is 2.51. The van der Waals surface area contributed by atoms with E-state index in [0.29, 0.717) is 13.2 Å². The highest BCUT2D eigenvalue weighted by Crippen LogP contribution is 2.40. The molecule has 1 saturated carbocycles. The molecule has 1 fully saturated rings. The molecule has 0 radical (unpaired) electrons. The van der Waals surface area contributed by atoms with Crippen LogP contribution in [0, 0.1) is 0 Å². The van der Waals surface area contributed by atoms with Crippen molar-refractivity contribution in [2.75, 3.05) is 20.3 Å². The zero-order chi connectivity index (χ0) is 14.6. The largest absolute Gasteiger partial charge is 0.392 e. The molecule has 0 unspecified atom stereocenters. The zero-order valence-corrected chi connectivity index (χ0v) is 11.5. The number of hydrogen-bond acceptors (Lipinski definition) is 4. The normalized spacial score (nSPS) is 25.8. The number of aliphatic hydroxyl groups excluding tert-OH is 1. The first-order valence-corrected chi connectivity index (χ1v) is 6.68. The molecule has 0 amide bonds. The van der Waals surface area contributed by atoms with E-state index in [9.17, 15) is 13.9 Å². The summed E-state index contributed by atoms with van der Waals surface area (Å²) < 4.78 is 38.3. The van der Waals surface area contributed by atoms with Gasteiger partial charge in [0, 0.05) is 37.8 Å². The second-order valence-corrected chi connectivity index (χ2v) is 5.06. The number of aliphatic hydroxyl groups is 1. The second kappa shape index (κ2) is 6.60. The highest BCUT2D eigenvalue weighted by Gasteiger charge is 2.42. The molecule has 0 saturated heterocycles. The number of rotatable bonds is 6. The van der Waals surface area contributed by atoms with Crippen molar-refractivity contribution in [3.8, 4) is 0 Å². The van der Waals surface area contributed by atoms with E-state index in [1.54, 1.807) is 24.1 Å². The lowest BCUT2D eigenvalue weighted by molar-refractivity contribution is -0.0855. The summed E-state index contributed by atoms with van der Waals surface area (Å²) in [6.07, 6.45) is 0.0951. The Bertz CT molecular complexity index is 426. The number of ether oxygens (including phenoxy) is 2. The third-order valence-electron chi connectivity index (χ3n) is 3.57. The van der Waals surface area contributed by atoms with Crippen molar-refractivity contribution in [3.63, 3.8) is 0 Å². The maximum absolute atomic E-state index is 13.2. The molecule has 7 heteroatoms. The van der Waals surface area contributed by atoms with Gasteiger partial charge in [-0.1, -0.05) is 0 Å². The average molecular weight is 290 g/mol. The van der Waals surface area contributed by atoms with Crippen LogP contribution in [-0.2, 0) is 16.2 Å². The molecule has 114 valence electrons. The van der Waals surface area contributed by atoms with Crippen LogP contribution in [0.1, 0.15) is 30.9 Å². The molecular weight excluding hydrogens is 270 g/mol. The van der Waals surface area contributed by atoms with Crippen molar-refractivity contribution in [1.29, 1.82) is 0 Å². The lowest BCUT2D eigenvalue weighted by Crippen LogP contribution is -2.35. The fourth-order valence-corrected chi connectivity index (χ4v) is 2.51. The second-order valence-electron chi connectivity index (χ2n) is 5.06. The van der Waals surface area contributed by atoms with Gasteiger partial charge in [0.25, 0.3) is 5.92 Å². The molecule has 1 aliphatic rings. The number of nitrogens with zero attached hydrogens (tertiary/aromatic N) is 2. The van der Waals surface area contributed by atoms with Gasteiger partial charge in [0.05, 0.1) is 19.3 Å². The van der Waals surface area contributed by atoms with E-state index in [1.807, 2.05) is 0 Å². The molecule has 0 aromatic carbocycles. The molecule has 1 aromatic heterocycles. The van der Waals surface area contributed by atoms with Crippen LogP contribution in [0.2, 0.25) is 0 Å². The Labute approximate surface area is 116 Å². The SMILES string of the molecule is COCCOCn1nccc1[C@H]1CCC(F)(F)C[C@@H]1O. The van der Waals surface area contributed by atoms with Gasteiger partial charge in [0.15, 0.2) is 0 Å². The Morgan fingerprint density at radius 1 is 1.50 bits per heavy atom. The number of halogens is 2. The van der Waals surface area contributed by atoms with Crippen molar-refractivity contribution < 1.29 is 23.4 Å². The van der Waals surface area contributed by atoms with Gasteiger partial charge in [-0.3, -0.25) is 0 Å². The number of methoxy groups -OCH3 is 1. The van der Waals surface area contributed by atoms with E-state index >= 15 is 0 Å². The van der Waals surface area contributed by atoms with Gasteiger partial charge in [-0.25, -0.2) is 13.5 Å². The van der Waals surface area contributed by atoms with Crippen molar-refractivity contribution >= 4 is 0 Å². The maximum atomic E-state index is 13.2. The summed E-state index contributed by atoms with van der Waals surface area (Å²) in [6, 6.07) is 1.75. The number of alkyl halides is 2. The van der Waals surface area contributed by atoms with E-state index in [0.717, 1.165) is 5.69 Å². The molecule has 0 spiro atoms. The first-order chi connectivity index (χ1) is 9.53. The number of aromatic nitrogens is 2. The van der Waals surface area contributed by atoms with Crippen LogP contribution in [0.4, 0.5) is 8.78 Å². The van der Waals surface area contributed by atoms with Gasteiger partial charge in [-0.05, 0) is 12.5 Å². The van der Waals surface area contributed by atoms with Crippen LogP contribution in [0.5, 0.6) is 0 Å². The van der Waals surface area contributed by atoms with Gasteiger partial charge >= 0.3 is 0 Å². The lowest BCUT2D eigenvalue weighted by Gasteiger charge is -2.33. The van der Waals surface area contributed by atoms with Gasteiger partial charge in [0.2, 0.25) is 0 Å². The predicted molar refractivity (Wildman–Crippen MR) is 67.6 cm³/mol. The Morgan fingerprint density at radius 2 is 2.30 bits per heavy atom. The summed E-state index contributed by atoms with van der Waals surface area (Å²) in [5.74, 6) is -3.08. The van der Waals surface area contributed by atoms with Gasteiger partial charge < -0.3 is 14.6 Å². The molecule has 2 atom stereocenters. The molecule has 1 N–H and O–H groups in total. The standard InChI is InChI=1S/C13H20F2N2O3/c1-19-6-7-20-9-17-11(3-5-16-17)10-2-4-13(14,15)8-12(10)18/h3,5,10,12,18H,2,4,6-9H2,1H3/t10-,12+/m1/s1. The van der Waals surface area contributed by atoms with Crippen LogP contribution in [0.3, 0.4) is 0 Å². The minimum atomic E-state index is -2.77. The highest BCUT2D eigenvalue weighted by molar-refractivity contribution is 5.12. The minimum absolute atomic E-state index is 0.204. The summed E-state index contributed by atoms with van der Waals surface area (Å²) in [5, 5.41) is 14.0. The fraction of sp³-hybridized carbons (Fsp3) is 0.769. The summed E-state index contributed by atoms with van der Waals surface area (Å²) in [4.78, 5) is 0. The molecule has 1 heterocycles.